The van der Waals surface area contributed by atoms with Gasteiger partial charge in [0.25, 0.3) is 0 Å². The molecule has 1 fully saturated rings. The Morgan fingerprint density at radius 3 is 2.60 bits per heavy atom. The van der Waals surface area contributed by atoms with Crippen LogP contribution < -0.4 is 0 Å². The Morgan fingerprint density at radius 2 is 1.93 bits per heavy atom. The normalized spacial score (nSPS) is 18.5. The van der Waals surface area contributed by atoms with E-state index < -0.39 is 11.6 Å². The summed E-state index contributed by atoms with van der Waals surface area (Å²) in [5, 5.41) is 5.02. The molecule has 0 N–H and O–H groups in total. The van der Waals surface area contributed by atoms with Gasteiger partial charge in [0.2, 0.25) is 5.91 Å². The summed E-state index contributed by atoms with van der Waals surface area (Å²) >= 11 is 12.1. The van der Waals surface area contributed by atoms with Crippen LogP contribution in [0.2, 0.25) is 10.0 Å². The highest BCUT2D eigenvalue weighted by Gasteiger charge is 2.33. The number of oxime groups is 1. The molecule has 1 atom stereocenters. The van der Waals surface area contributed by atoms with Gasteiger partial charge in [-0.05, 0) is 31.0 Å². The Hall–Kier alpha value is -2.18. The van der Waals surface area contributed by atoms with Crippen molar-refractivity contribution in [1.82, 2.24) is 4.90 Å². The molecule has 158 valence electrons. The van der Waals surface area contributed by atoms with E-state index >= 15 is 0 Å². The molecule has 0 spiro atoms. The van der Waals surface area contributed by atoms with Crippen molar-refractivity contribution in [2.75, 3.05) is 6.54 Å². The molecular formula is C22H20Cl2F2N2O2. The summed E-state index contributed by atoms with van der Waals surface area (Å²) < 4.78 is 27.4. The first-order valence-electron chi connectivity index (χ1n) is 9.81. The second-order valence-corrected chi connectivity index (χ2v) is 8.50. The van der Waals surface area contributed by atoms with Crippen LogP contribution in [0.4, 0.5) is 8.78 Å². The highest BCUT2D eigenvalue weighted by molar-refractivity contribution is 6.42. The number of benzene rings is 2. The van der Waals surface area contributed by atoms with Crippen molar-refractivity contribution in [3.05, 3.63) is 69.2 Å². The number of amides is 1. The number of hydrogen-bond donors (Lipinski definition) is 0. The van der Waals surface area contributed by atoms with Crippen LogP contribution in [-0.4, -0.2) is 29.2 Å². The van der Waals surface area contributed by atoms with Crippen LogP contribution >= 0.6 is 23.2 Å². The second-order valence-electron chi connectivity index (χ2n) is 7.68. The second kappa shape index (κ2) is 8.90. The van der Waals surface area contributed by atoms with Gasteiger partial charge in [0.05, 0.1) is 22.3 Å². The van der Waals surface area contributed by atoms with Crippen molar-refractivity contribution in [3.63, 3.8) is 0 Å². The van der Waals surface area contributed by atoms with E-state index in [1.807, 2.05) is 6.07 Å². The molecule has 1 aliphatic heterocycles. The number of carbonyl (C=O) groups excluding carboxylic acids is 1. The zero-order valence-corrected chi connectivity index (χ0v) is 17.6. The molecule has 0 unspecified atom stereocenters. The Kier molecular flexibility index (Phi) is 6.25. The van der Waals surface area contributed by atoms with E-state index in [2.05, 4.69) is 5.16 Å². The van der Waals surface area contributed by atoms with E-state index in [4.69, 9.17) is 28.0 Å². The van der Waals surface area contributed by atoms with E-state index in [1.165, 1.54) is 12.1 Å². The number of hydrogen-bond acceptors (Lipinski definition) is 3. The SMILES string of the molecule is O=C(C1CCC1)N(Cc1ccc(F)cc1F)C[C@H]1CC(c2ccc(Cl)c(Cl)c2)=NO1. The Labute approximate surface area is 183 Å². The summed E-state index contributed by atoms with van der Waals surface area (Å²) in [6.07, 6.45) is 2.80. The van der Waals surface area contributed by atoms with Gasteiger partial charge in [0.15, 0.2) is 6.10 Å². The maximum absolute atomic E-state index is 14.2. The largest absolute Gasteiger partial charge is 0.390 e. The van der Waals surface area contributed by atoms with Gasteiger partial charge in [0, 0.05) is 36.1 Å². The molecule has 1 heterocycles. The molecule has 2 aliphatic rings. The van der Waals surface area contributed by atoms with E-state index in [-0.39, 0.29) is 36.6 Å². The van der Waals surface area contributed by atoms with E-state index in [1.54, 1.807) is 17.0 Å². The van der Waals surface area contributed by atoms with Crippen molar-refractivity contribution in [3.8, 4) is 0 Å². The lowest BCUT2D eigenvalue weighted by Gasteiger charge is -2.32. The molecule has 30 heavy (non-hydrogen) atoms. The Balaban J connectivity index is 1.46. The Morgan fingerprint density at radius 1 is 1.13 bits per heavy atom. The fourth-order valence-corrected chi connectivity index (χ4v) is 3.92. The van der Waals surface area contributed by atoms with E-state index in [9.17, 15) is 13.6 Å². The predicted octanol–water partition coefficient (Wildman–Crippen LogP) is 5.59. The average molecular weight is 453 g/mol. The minimum absolute atomic E-state index is 0.0310. The number of rotatable bonds is 6. The minimum atomic E-state index is -0.665. The smallest absolute Gasteiger partial charge is 0.226 e. The first kappa shape index (κ1) is 21.1. The van der Waals surface area contributed by atoms with Gasteiger partial charge < -0.3 is 9.74 Å². The number of nitrogens with zero attached hydrogens (tertiary/aromatic N) is 2. The molecule has 0 radical (unpaired) electrons. The average Bonchev–Trinajstić information content (AvgIpc) is 3.12. The van der Waals surface area contributed by atoms with Gasteiger partial charge in [-0.2, -0.15) is 0 Å². The van der Waals surface area contributed by atoms with Crippen LogP contribution in [0.5, 0.6) is 0 Å². The fourth-order valence-electron chi connectivity index (χ4n) is 3.62. The first-order valence-corrected chi connectivity index (χ1v) is 10.6. The topological polar surface area (TPSA) is 41.9 Å². The van der Waals surface area contributed by atoms with E-state index in [0.29, 0.717) is 22.2 Å². The van der Waals surface area contributed by atoms with Gasteiger partial charge in [-0.25, -0.2) is 8.78 Å². The maximum Gasteiger partial charge on any atom is 0.226 e. The highest BCUT2D eigenvalue weighted by Crippen LogP contribution is 2.30. The van der Waals surface area contributed by atoms with Gasteiger partial charge in [-0.15, -0.1) is 0 Å². The number of carbonyl (C=O) groups is 1. The maximum atomic E-state index is 14.2. The lowest BCUT2D eigenvalue weighted by molar-refractivity contribution is -0.140. The molecule has 1 saturated carbocycles. The molecular weight excluding hydrogens is 433 g/mol. The van der Waals surface area contributed by atoms with Crippen molar-refractivity contribution in [2.24, 2.45) is 11.1 Å². The standard InChI is InChI=1S/C22H20Cl2F2N2O2/c23-18-7-5-14(8-19(18)24)21-10-17(30-27-21)12-28(22(29)13-2-1-3-13)11-15-4-6-16(25)9-20(15)26/h4-9,13,17H,1-3,10-12H2/t17-/m1/s1. The molecule has 4 rings (SSSR count). The van der Waals surface area contributed by atoms with Crippen molar-refractivity contribution < 1.29 is 18.4 Å². The van der Waals surface area contributed by atoms with Crippen LogP contribution in [-0.2, 0) is 16.2 Å². The molecule has 1 amide bonds. The Bertz CT molecular complexity index is 995. The van der Waals surface area contributed by atoms with Gasteiger partial charge in [-0.1, -0.05) is 46.9 Å². The third-order valence-electron chi connectivity index (χ3n) is 5.55. The molecule has 0 saturated heterocycles. The van der Waals surface area contributed by atoms with Crippen molar-refractivity contribution in [1.29, 1.82) is 0 Å². The summed E-state index contributed by atoms with van der Waals surface area (Å²) in [5.74, 6) is -1.39. The summed E-state index contributed by atoms with van der Waals surface area (Å²) in [6.45, 7) is 0.323. The van der Waals surface area contributed by atoms with Crippen LogP contribution in [0, 0.1) is 17.6 Å². The van der Waals surface area contributed by atoms with Crippen LogP contribution in [0.15, 0.2) is 41.6 Å². The summed E-state index contributed by atoms with van der Waals surface area (Å²) in [5.41, 5.74) is 1.78. The first-order chi connectivity index (χ1) is 14.4. The summed E-state index contributed by atoms with van der Waals surface area (Å²) in [6, 6.07) is 8.63. The van der Waals surface area contributed by atoms with Gasteiger partial charge in [-0.3, -0.25) is 4.79 Å². The fraction of sp³-hybridized carbons (Fsp3) is 0.364. The molecule has 0 bridgehead atoms. The summed E-state index contributed by atoms with van der Waals surface area (Å²) in [7, 11) is 0. The molecule has 2 aromatic carbocycles. The lowest BCUT2D eigenvalue weighted by Crippen LogP contribution is -2.42. The van der Waals surface area contributed by atoms with Crippen LogP contribution in [0.1, 0.15) is 36.8 Å². The number of halogens is 4. The highest BCUT2D eigenvalue weighted by atomic mass is 35.5. The molecule has 4 nitrogen and oxygen atoms in total. The zero-order chi connectivity index (χ0) is 21.3. The third kappa shape index (κ3) is 4.60. The molecule has 1 aliphatic carbocycles. The predicted molar refractivity (Wildman–Crippen MR) is 112 cm³/mol. The lowest BCUT2D eigenvalue weighted by atomic mass is 9.84. The summed E-state index contributed by atoms with van der Waals surface area (Å²) in [4.78, 5) is 20.1. The quantitative estimate of drug-likeness (QED) is 0.572. The monoisotopic (exact) mass is 452 g/mol. The molecule has 8 heteroatoms. The third-order valence-corrected chi connectivity index (χ3v) is 6.29. The van der Waals surface area contributed by atoms with Crippen LogP contribution in [0.25, 0.3) is 0 Å². The molecule has 2 aromatic rings. The van der Waals surface area contributed by atoms with Gasteiger partial charge >= 0.3 is 0 Å². The van der Waals surface area contributed by atoms with Crippen molar-refractivity contribution in [2.45, 2.75) is 38.3 Å². The van der Waals surface area contributed by atoms with Gasteiger partial charge in [0.1, 0.15) is 11.6 Å². The molecule has 0 aromatic heterocycles. The zero-order valence-electron chi connectivity index (χ0n) is 16.1. The minimum Gasteiger partial charge on any atom is -0.390 e. The van der Waals surface area contributed by atoms with Crippen molar-refractivity contribution >= 4 is 34.8 Å². The van der Waals surface area contributed by atoms with Crippen LogP contribution in [0.3, 0.4) is 0 Å². The van der Waals surface area contributed by atoms with E-state index in [0.717, 1.165) is 30.9 Å².